The third-order valence-electron chi connectivity index (χ3n) is 5.41. The maximum absolute atomic E-state index is 12.6. The SMILES string of the molecule is CCN(CC)C(=O)c1cc(C(=O)N[C@@H]2CCC[C@@H](C)[C@H]2C)n(C)n1. The van der Waals surface area contributed by atoms with Gasteiger partial charge in [-0.3, -0.25) is 14.3 Å². The Bertz CT molecular complexity index is 592. The van der Waals surface area contributed by atoms with E-state index in [2.05, 4.69) is 24.3 Å². The molecule has 1 aromatic rings. The summed E-state index contributed by atoms with van der Waals surface area (Å²) in [5.41, 5.74) is 0.771. The summed E-state index contributed by atoms with van der Waals surface area (Å²) in [6, 6.07) is 1.80. The lowest BCUT2D eigenvalue weighted by molar-refractivity contribution is 0.0766. The van der Waals surface area contributed by atoms with Crippen molar-refractivity contribution in [3.63, 3.8) is 0 Å². The fourth-order valence-corrected chi connectivity index (χ4v) is 3.49. The lowest BCUT2D eigenvalue weighted by Crippen LogP contribution is -2.44. The van der Waals surface area contributed by atoms with Crippen LogP contribution >= 0.6 is 0 Å². The van der Waals surface area contributed by atoms with Crippen molar-refractivity contribution in [1.82, 2.24) is 20.0 Å². The molecule has 0 saturated heterocycles. The van der Waals surface area contributed by atoms with Gasteiger partial charge in [0.05, 0.1) is 0 Å². The second-order valence-electron chi connectivity index (χ2n) is 6.86. The number of carbonyl (C=O) groups is 2. The molecule has 24 heavy (non-hydrogen) atoms. The first-order valence-electron chi connectivity index (χ1n) is 9.03. The summed E-state index contributed by atoms with van der Waals surface area (Å²) in [7, 11) is 1.71. The molecule has 1 aliphatic carbocycles. The summed E-state index contributed by atoms with van der Waals surface area (Å²) in [6.07, 6.45) is 3.38. The Balaban J connectivity index is 2.11. The zero-order chi connectivity index (χ0) is 17.9. The Morgan fingerprint density at radius 1 is 1.29 bits per heavy atom. The van der Waals surface area contributed by atoms with Crippen molar-refractivity contribution in [1.29, 1.82) is 0 Å². The van der Waals surface area contributed by atoms with Crippen LogP contribution in [0.3, 0.4) is 0 Å². The number of hydrogen-bond donors (Lipinski definition) is 1. The predicted octanol–water partition coefficient (Wildman–Crippen LogP) is 2.46. The van der Waals surface area contributed by atoms with Crippen molar-refractivity contribution in [2.45, 2.75) is 53.0 Å². The molecule has 1 saturated carbocycles. The van der Waals surface area contributed by atoms with Gasteiger partial charge in [-0.05, 0) is 32.1 Å². The van der Waals surface area contributed by atoms with Crippen LogP contribution in [0.15, 0.2) is 6.07 Å². The van der Waals surface area contributed by atoms with Gasteiger partial charge in [-0.1, -0.05) is 26.7 Å². The molecule has 3 atom stereocenters. The van der Waals surface area contributed by atoms with Crippen LogP contribution in [0, 0.1) is 11.8 Å². The fraction of sp³-hybridized carbons (Fsp3) is 0.722. The lowest BCUT2D eigenvalue weighted by atomic mass is 9.78. The summed E-state index contributed by atoms with van der Waals surface area (Å²) < 4.78 is 1.50. The van der Waals surface area contributed by atoms with E-state index in [4.69, 9.17) is 0 Å². The minimum absolute atomic E-state index is 0.130. The molecule has 1 N–H and O–H groups in total. The average molecular weight is 334 g/mol. The Morgan fingerprint density at radius 2 is 1.96 bits per heavy atom. The van der Waals surface area contributed by atoms with Gasteiger partial charge in [-0.15, -0.1) is 0 Å². The number of amides is 2. The van der Waals surface area contributed by atoms with Crippen molar-refractivity contribution in [3.05, 3.63) is 17.5 Å². The molecule has 0 aliphatic heterocycles. The third kappa shape index (κ3) is 3.79. The molecule has 0 unspecified atom stereocenters. The maximum atomic E-state index is 12.6. The van der Waals surface area contributed by atoms with Crippen LogP contribution in [0.2, 0.25) is 0 Å². The molecule has 6 nitrogen and oxygen atoms in total. The van der Waals surface area contributed by atoms with E-state index < -0.39 is 0 Å². The van der Waals surface area contributed by atoms with Gasteiger partial charge in [0.15, 0.2) is 5.69 Å². The van der Waals surface area contributed by atoms with Gasteiger partial charge in [0.1, 0.15) is 5.69 Å². The van der Waals surface area contributed by atoms with Crippen LogP contribution < -0.4 is 5.32 Å². The molecule has 1 aromatic heterocycles. The quantitative estimate of drug-likeness (QED) is 0.899. The van der Waals surface area contributed by atoms with Crippen molar-refractivity contribution < 1.29 is 9.59 Å². The first-order valence-corrected chi connectivity index (χ1v) is 9.03. The van der Waals surface area contributed by atoms with Gasteiger partial charge in [-0.2, -0.15) is 5.10 Å². The lowest BCUT2D eigenvalue weighted by Gasteiger charge is -2.34. The number of aryl methyl sites for hydroxylation is 1. The minimum atomic E-state index is -0.144. The zero-order valence-corrected chi connectivity index (χ0v) is 15.5. The first kappa shape index (κ1) is 18.5. The molecule has 0 aromatic carbocycles. The van der Waals surface area contributed by atoms with E-state index in [1.165, 1.54) is 11.1 Å². The predicted molar refractivity (Wildman–Crippen MR) is 93.9 cm³/mol. The minimum Gasteiger partial charge on any atom is -0.348 e. The average Bonchev–Trinajstić information content (AvgIpc) is 2.95. The highest BCUT2D eigenvalue weighted by molar-refractivity contribution is 5.98. The van der Waals surface area contributed by atoms with Gasteiger partial charge in [0.2, 0.25) is 0 Å². The van der Waals surface area contributed by atoms with Crippen LogP contribution in [0.5, 0.6) is 0 Å². The molecule has 0 bridgehead atoms. The molecular weight excluding hydrogens is 304 g/mol. The molecule has 1 fully saturated rings. The molecule has 2 amide bonds. The monoisotopic (exact) mass is 334 g/mol. The highest BCUT2D eigenvalue weighted by Crippen LogP contribution is 2.29. The Kier molecular flexibility index (Phi) is 6.02. The summed E-state index contributed by atoms with van der Waals surface area (Å²) in [6.45, 7) is 9.57. The van der Waals surface area contributed by atoms with Gasteiger partial charge < -0.3 is 10.2 Å². The topological polar surface area (TPSA) is 67.2 Å². The van der Waals surface area contributed by atoms with E-state index in [0.29, 0.717) is 36.3 Å². The molecule has 2 rings (SSSR count). The van der Waals surface area contributed by atoms with Crippen molar-refractivity contribution in [2.24, 2.45) is 18.9 Å². The molecular formula is C18H30N4O2. The van der Waals surface area contributed by atoms with E-state index in [-0.39, 0.29) is 17.9 Å². The number of aromatic nitrogens is 2. The largest absolute Gasteiger partial charge is 0.348 e. The summed E-state index contributed by atoms with van der Waals surface area (Å²) in [5.74, 6) is 0.812. The molecule has 6 heteroatoms. The van der Waals surface area contributed by atoms with E-state index in [9.17, 15) is 9.59 Å². The first-order chi connectivity index (χ1) is 11.4. The molecule has 0 spiro atoms. The molecule has 134 valence electrons. The molecule has 1 heterocycles. The zero-order valence-electron chi connectivity index (χ0n) is 15.5. The normalized spacial score (nSPS) is 23.8. The second-order valence-corrected chi connectivity index (χ2v) is 6.86. The number of carbonyl (C=O) groups excluding carboxylic acids is 2. The van der Waals surface area contributed by atoms with Crippen molar-refractivity contribution in [3.8, 4) is 0 Å². The Hall–Kier alpha value is -1.85. The van der Waals surface area contributed by atoms with Gasteiger partial charge in [0.25, 0.3) is 11.8 Å². The van der Waals surface area contributed by atoms with Crippen molar-refractivity contribution in [2.75, 3.05) is 13.1 Å². The second kappa shape index (κ2) is 7.81. The smallest absolute Gasteiger partial charge is 0.274 e. The van der Waals surface area contributed by atoms with Gasteiger partial charge >= 0.3 is 0 Å². The fourth-order valence-electron chi connectivity index (χ4n) is 3.49. The van der Waals surface area contributed by atoms with E-state index >= 15 is 0 Å². The highest BCUT2D eigenvalue weighted by atomic mass is 16.2. The number of rotatable bonds is 5. The number of nitrogens with one attached hydrogen (secondary N) is 1. The number of hydrogen-bond acceptors (Lipinski definition) is 3. The van der Waals surface area contributed by atoms with E-state index in [0.717, 1.165) is 12.8 Å². The Morgan fingerprint density at radius 3 is 2.58 bits per heavy atom. The number of nitrogens with zero attached hydrogens (tertiary/aromatic N) is 3. The van der Waals surface area contributed by atoms with Crippen molar-refractivity contribution >= 4 is 11.8 Å². The summed E-state index contributed by atoms with van der Waals surface area (Å²) in [4.78, 5) is 26.7. The maximum Gasteiger partial charge on any atom is 0.274 e. The van der Waals surface area contributed by atoms with Crippen LogP contribution in [0.25, 0.3) is 0 Å². The third-order valence-corrected chi connectivity index (χ3v) is 5.41. The van der Waals surface area contributed by atoms with Crippen LogP contribution in [-0.4, -0.2) is 45.6 Å². The molecule has 1 aliphatic rings. The Labute approximate surface area is 144 Å². The van der Waals surface area contributed by atoms with Gasteiger partial charge in [-0.25, -0.2) is 0 Å². The van der Waals surface area contributed by atoms with Gasteiger partial charge in [0, 0.05) is 32.2 Å². The van der Waals surface area contributed by atoms with Crippen LogP contribution in [0.1, 0.15) is 67.9 Å². The van der Waals surface area contributed by atoms with E-state index in [1.807, 2.05) is 13.8 Å². The summed E-state index contributed by atoms with van der Waals surface area (Å²) in [5, 5.41) is 7.38. The highest BCUT2D eigenvalue weighted by Gasteiger charge is 2.29. The molecule has 0 radical (unpaired) electrons. The van der Waals surface area contributed by atoms with Crippen LogP contribution in [0.4, 0.5) is 0 Å². The van der Waals surface area contributed by atoms with E-state index in [1.54, 1.807) is 18.0 Å². The summed E-state index contributed by atoms with van der Waals surface area (Å²) >= 11 is 0. The van der Waals surface area contributed by atoms with Crippen LogP contribution in [-0.2, 0) is 7.05 Å². The standard InChI is InChI=1S/C18H30N4O2/c1-6-22(7-2)18(24)15-11-16(21(5)20-15)17(23)19-14-10-8-9-12(3)13(14)4/h11-14H,6-10H2,1-5H3,(H,19,23)/t12-,13-,14-/m1/s1.